The molecule has 1 atom stereocenters. The van der Waals surface area contributed by atoms with Crippen molar-refractivity contribution in [3.63, 3.8) is 0 Å². The van der Waals surface area contributed by atoms with Gasteiger partial charge in [0.1, 0.15) is 5.82 Å². The number of allylic oxidation sites excluding steroid dienone is 1. The first-order valence-electron chi connectivity index (χ1n) is 8.53. The minimum atomic E-state index is 0.0765. The molecule has 2 aliphatic rings. The van der Waals surface area contributed by atoms with Crippen LogP contribution in [0.2, 0.25) is 0 Å². The summed E-state index contributed by atoms with van der Waals surface area (Å²) in [5, 5.41) is 3.08. The Balaban J connectivity index is 1.44. The van der Waals surface area contributed by atoms with Crippen molar-refractivity contribution < 1.29 is 4.79 Å². The van der Waals surface area contributed by atoms with Gasteiger partial charge in [0.25, 0.3) is 0 Å². The minimum absolute atomic E-state index is 0.0765. The molecule has 1 saturated heterocycles. The highest BCUT2D eigenvalue weighted by atomic mass is 16.2. The van der Waals surface area contributed by atoms with Gasteiger partial charge < -0.3 is 15.2 Å². The summed E-state index contributed by atoms with van der Waals surface area (Å²) in [5.74, 6) is 1.35. The molecule has 22 heavy (non-hydrogen) atoms. The first-order chi connectivity index (χ1) is 10.8. The van der Waals surface area contributed by atoms with Crippen molar-refractivity contribution in [2.45, 2.75) is 50.9 Å². The molecule has 3 rings (SSSR count). The van der Waals surface area contributed by atoms with Crippen LogP contribution in [0.15, 0.2) is 24.0 Å². The van der Waals surface area contributed by atoms with Crippen LogP contribution in [0.1, 0.15) is 56.7 Å². The fourth-order valence-corrected chi connectivity index (χ4v) is 3.46. The van der Waals surface area contributed by atoms with Crippen molar-refractivity contribution in [1.82, 2.24) is 20.2 Å². The summed E-state index contributed by atoms with van der Waals surface area (Å²) in [4.78, 5) is 21.8. The Morgan fingerprint density at radius 2 is 2.36 bits per heavy atom. The van der Waals surface area contributed by atoms with Gasteiger partial charge in [-0.3, -0.25) is 0 Å². The van der Waals surface area contributed by atoms with Gasteiger partial charge in [-0.2, -0.15) is 0 Å². The molecule has 2 N–H and O–H groups in total. The highest BCUT2D eigenvalue weighted by Crippen LogP contribution is 2.24. The van der Waals surface area contributed by atoms with Crippen molar-refractivity contribution in [1.29, 1.82) is 0 Å². The Morgan fingerprint density at radius 3 is 3.14 bits per heavy atom. The number of nitrogens with one attached hydrogen (secondary N) is 2. The number of aromatic nitrogens is 2. The van der Waals surface area contributed by atoms with Gasteiger partial charge in [0.05, 0.1) is 0 Å². The maximum Gasteiger partial charge on any atom is 0.317 e. The molecule has 2 amide bonds. The summed E-state index contributed by atoms with van der Waals surface area (Å²) in [6, 6.07) is 0.0765. The number of H-pyrrole nitrogens is 1. The first-order valence-corrected chi connectivity index (χ1v) is 8.53. The monoisotopic (exact) mass is 302 g/mol. The number of piperidine rings is 1. The number of imidazole rings is 1. The molecule has 0 saturated carbocycles. The SMILES string of the molecule is O=C(NCCC1=CCCCC1)N1CCCC(c2ncc[nH]2)C1. The summed E-state index contributed by atoms with van der Waals surface area (Å²) in [6.07, 6.45) is 14.2. The van der Waals surface area contributed by atoms with E-state index in [1.54, 1.807) is 6.20 Å². The molecule has 5 nitrogen and oxygen atoms in total. The second-order valence-corrected chi connectivity index (χ2v) is 6.35. The number of hydrogen-bond donors (Lipinski definition) is 2. The highest BCUT2D eigenvalue weighted by Gasteiger charge is 2.25. The molecule has 1 fully saturated rings. The number of carbonyl (C=O) groups excluding carboxylic acids is 1. The van der Waals surface area contributed by atoms with Crippen LogP contribution >= 0.6 is 0 Å². The second kappa shape index (κ2) is 7.47. The van der Waals surface area contributed by atoms with E-state index < -0.39 is 0 Å². The minimum Gasteiger partial charge on any atom is -0.348 e. The maximum absolute atomic E-state index is 12.3. The van der Waals surface area contributed by atoms with Gasteiger partial charge in [-0.1, -0.05) is 11.6 Å². The van der Waals surface area contributed by atoms with Gasteiger partial charge in [-0.15, -0.1) is 0 Å². The molecule has 1 aromatic rings. The van der Waals surface area contributed by atoms with Crippen LogP contribution in [-0.4, -0.2) is 40.5 Å². The van der Waals surface area contributed by atoms with Gasteiger partial charge in [-0.05, 0) is 44.9 Å². The molecule has 0 aromatic carbocycles. The molecular weight excluding hydrogens is 276 g/mol. The Labute approximate surface area is 132 Å². The zero-order chi connectivity index (χ0) is 15.2. The lowest BCUT2D eigenvalue weighted by atomic mass is 9.97. The first kappa shape index (κ1) is 15.1. The third-order valence-corrected chi connectivity index (χ3v) is 4.72. The van der Waals surface area contributed by atoms with Crippen LogP contribution in [0.3, 0.4) is 0 Å². The van der Waals surface area contributed by atoms with Crippen molar-refractivity contribution in [2.24, 2.45) is 0 Å². The molecule has 1 aliphatic carbocycles. The number of nitrogens with zero attached hydrogens (tertiary/aromatic N) is 2. The Morgan fingerprint density at radius 1 is 1.41 bits per heavy atom. The molecule has 120 valence electrons. The highest BCUT2D eigenvalue weighted by molar-refractivity contribution is 5.74. The number of urea groups is 1. The third-order valence-electron chi connectivity index (χ3n) is 4.72. The molecule has 1 aromatic heterocycles. The topological polar surface area (TPSA) is 61.0 Å². The zero-order valence-electron chi connectivity index (χ0n) is 13.2. The van der Waals surface area contributed by atoms with Gasteiger partial charge in [0, 0.05) is 37.9 Å². The standard InChI is InChI=1S/C17H26N4O/c22-17(20-9-8-14-5-2-1-3-6-14)21-12-4-7-15(13-21)16-18-10-11-19-16/h5,10-11,15H,1-4,6-9,12-13H2,(H,18,19)(H,20,22). The number of rotatable bonds is 4. The van der Waals surface area contributed by atoms with E-state index >= 15 is 0 Å². The van der Waals surface area contributed by atoms with Crippen LogP contribution in [0, 0.1) is 0 Å². The number of aromatic amines is 1. The van der Waals surface area contributed by atoms with E-state index in [-0.39, 0.29) is 6.03 Å². The average Bonchev–Trinajstić information content (AvgIpc) is 3.10. The number of amides is 2. The Kier molecular flexibility index (Phi) is 5.14. The molecule has 2 heterocycles. The molecule has 1 unspecified atom stereocenters. The van der Waals surface area contributed by atoms with Gasteiger partial charge in [-0.25, -0.2) is 9.78 Å². The lowest BCUT2D eigenvalue weighted by Crippen LogP contribution is -2.45. The fraction of sp³-hybridized carbons (Fsp3) is 0.647. The van der Waals surface area contributed by atoms with Crippen LogP contribution in [0.25, 0.3) is 0 Å². The lowest BCUT2D eigenvalue weighted by molar-refractivity contribution is 0.178. The zero-order valence-corrected chi connectivity index (χ0v) is 13.2. The number of hydrogen-bond acceptors (Lipinski definition) is 2. The van der Waals surface area contributed by atoms with Gasteiger partial charge in [0.15, 0.2) is 0 Å². The number of carbonyl (C=O) groups is 1. The molecule has 0 radical (unpaired) electrons. The molecule has 5 heteroatoms. The fourth-order valence-electron chi connectivity index (χ4n) is 3.46. The second-order valence-electron chi connectivity index (χ2n) is 6.35. The molecular formula is C17H26N4O. The Hall–Kier alpha value is -1.78. The van der Waals surface area contributed by atoms with Gasteiger partial charge in [0.2, 0.25) is 0 Å². The van der Waals surface area contributed by atoms with E-state index in [1.807, 2.05) is 11.1 Å². The summed E-state index contributed by atoms with van der Waals surface area (Å²) in [6.45, 7) is 2.38. The molecule has 0 spiro atoms. The van der Waals surface area contributed by atoms with Crippen LogP contribution in [-0.2, 0) is 0 Å². The number of likely N-dealkylation sites (tertiary alicyclic amines) is 1. The van der Waals surface area contributed by atoms with Crippen LogP contribution in [0.5, 0.6) is 0 Å². The summed E-state index contributed by atoms with van der Waals surface area (Å²) >= 11 is 0. The van der Waals surface area contributed by atoms with Crippen LogP contribution < -0.4 is 5.32 Å². The van der Waals surface area contributed by atoms with E-state index in [9.17, 15) is 4.79 Å². The van der Waals surface area contributed by atoms with Crippen LogP contribution in [0.4, 0.5) is 4.79 Å². The van der Waals surface area contributed by atoms with E-state index in [0.717, 1.165) is 44.7 Å². The smallest absolute Gasteiger partial charge is 0.317 e. The quantitative estimate of drug-likeness (QED) is 0.839. The normalized spacial score (nSPS) is 22.3. The van der Waals surface area contributed by atoms with Crippen molar-refractivity contribution >= 4 is 6.03 Å². The molecule has 0 bridgehead atoms. The van der Waals surface area contributed by atoms with Crippen molar-refractivity contribution in [3.8, 4) is 0 Å². The van der Waals surface area contributed by atoms with Crippen molar-refractivity contribution in [3.05, 3.63) is 29.9 Å². The molecule has 1 aliphatic heterocycles. The third kappa shape index (κ3) is 3.90. The predicted octanol–water partition coefficient (Wildman–Crippen LogP) is 3.19. The Bertz CT molecular complexity index is 509. The van der Waals surface area contributed by atoms with E-state index in [4.69, 9.17) is 0 Å². The van der Waals surface area contributed by atoms with Crippen molar-refractivity contribution in [2.75, 3.05) is 19.6 Å². The van der Waals surface area contributed by atoms with E-state index in [0.29, 0.717) is 5.92 Å². The largest absolute Gasteiger partial charge is 0.348 e. The summed E-state index contributed by atoms with van der Waals surface area (Å²) in [5.41, 5.74) is 1.51. The maximum atomic E-state index is 12.3. The van der Waals surface area contributed by atoms with E-state index in [2.05, 4.69) is 21.4 Å². The average molecular weight is 302 g/mol. The van der Waals surface area contributed by atoms with E-state index in [1.165, 1.54) is 31.3 Å². The lowest BCUT2D eigenvalue weighted by Gasteiger charge is -2.32. The predicted molar refractivity (Wildman–Crippen MR) is 86.7 cm³/mol. The summed E-state index contributed by atoms with van der Waals surface area (Å²) in [7, 11) is 0. The van der Waals surface area contributed by atoms with Gasteiger partial charge >= 0.3 is 6.03 Å². The summed E-state index contributed by atoms with van der Waals surface area (Å²) < 4.78 is 0.